The van der Waals surface area contributed by atoms with Crippen molar-refractivity contribution in [3.05, 3.63) is 0 Å². The molecule has 2 N–H and O–H groups in total. The van der Waals surface area contributed by atoms with Crippen molar-refractivity contribution in [3.63, 3.8) is 0 Å². The Kier molecular flexibility index (Phi) is 4.33. The molecule has 0 radical (unpaired) electrons. The van der Waals surface area contributed by atoms with Gasteiger partial charge in [0.25, 0.3) is 0 Å². The summed E-state index contributed by atoms with van der Waals surface area (Å²) in [6.07, 6.45) is 9.28. The third kappa shape index (κ3) is 2.06. The molecule has 2 aliphatic carbocycles. The van der Waals surface area contributed by atoms with Gasteiger partial charge in [0.15, 0.2) is 0 Å². The van der Waals surface area contributed by atoms with E-state index in [0.717, 1.165) is 11.8 Å². The van der Waals surface area contributed by atoms with E-state index in [1.807, 2.05) is 0 Å². The van der Waals surface area contributed by atoms with Crippen molar-refractivity contribution in [2.75, 3.05) is 0 Å². The number of hydrogen-bond acceptors (Lipinski definition) is 1. The zero-order valence-corrected chi connectivity index (χ0v) is 15.7. The highest BCUT2D eigenvalue weighted by Crippen LogP contribution is 2.75. The van der Waals surface area contributed by atoms with E-state index in [0.29, 0.717) is 16.2 Å². The van der Waals surface area contributed by atoms with E-state index in [2.05, 4.69) is 48.5 Å². The lowest BCUT2D eigenvalue weighted by Crippen LogP contribution is -2.58. The van der Waals surface area contributed by atoms with Crippen LogP contribution in [-0.4, -0.2) is 5.54 Å². The SMILES string of the molecule is CCC[C@]12CC(CC1(CC)C(C)C)[C@](C)(N)CC2(C)CC. The van der Waals surface area contributed by atoms with E-state index in [9.17, 15) is 0 Å². The molecule has 0 aliphatic heterocycles. The minimum Gasteiger partial charge on any atom is -0.325 e. The van der Waals surface area contributed by atoms with E-state index in [4.69, 9.17) is 5.73 Å². The minimum absolute atomic E-state index is 0.0355. The first-order valence-corrected chi connectivity index (χ1v) is 9.43. The van der Waals surface area contributed by atoms with Gasteiger partial charge in [-0.1, -0.05) is 54.4 Å². The Morgan fingerprint density at radius 1 is 1.05 bits per heavy atom. The van der Waals surface area contributed by atoms with Crippen LogP contribution in [0.25, 0.3) is 0 Å². The van der Waals surface area contributed by atoms with Crippen LogP contribution in [0, 0.1) is 28.1 Å². The molecular weight excluding hydrogens is 254 g/mol. The van der Waals surface area contributed by atoms with Crippen LogP contribution in [-0.2, 0) is 0 Å². The average Bonchev–Trinajstić information content (AvgIpc) is 2.73. The zero-order valence-electron chi connectivity index (χ0n) is 15.7. The topological polar surface area (TPSA) is 26.0 Å². The summed E-state index contributed by atoms with van der Waals surface area (Å²) >= 11 is 0. The van der Waals surface area contributed by atoms with E-state index >= 15 is 0 Å². The largest absolute Gasteiger partial charge is 0.325 e. The molecule has 2 bridgehead atoms. The van der Waals surface area contributed by atoms with Gasteiger partial charge in [-0.2, -0.15) is 0 Å². The Morgan fingerprint density at radius 2 is 1.67 bits per heavy atom. The molecule has 2 fully saturated rings. The van der Waals surface area contributed by atoms with Gasteiger partial charge in [-0.05, 0) is 67.1 Å². The summed E-state index contributed by atoms with van der Waals surface area (Å²) in [7, 11) is 0. The molecule has 2 aliphatic rings. The highest BCUT2D eigenvalue weighted by atomic mass is 14.8. The van der Waals surface area contributed by atoms with Crippen LogP contribution in [0.1, 0.15) is 93.4 Å². The van der Waals surface area contributed by atoms with Crippen LogP contribution in [0.15, 0.2) is 0 Å². The normalized spacial score (nSPS) is 49.9. The summed E-state index contributed by atoms with van der Waals surface area (Å²) in [4.78, 5) is 0. The molecule has 0 amide bonds. The van der Waals surface area contributed by atoms with Crippen molar-refractivity contribution in [1.82, 2.24) is 0 Å². The fourth-order valence-electron chi connectivity index (χ4n) is 7.02. The van der Waals surface area contributed by atoms with Gasteiger partial charge in [-0.25, -0.2) is 0 Å². The fraction of sp³-hybridized carbons (Fsp3) is 1.00. The maximum Gasteiger partial charge on any atom is 0.0160 e. The van der Waals surface area contributed by atoms with Gasteiger partial charge >= 0.3 is 0 Å². The molecule has 0 spiro atoms. The second-order valence-corrected chi connectivity index (χ2v) is 9.20. The molecule has 124 valence electrons. The summed E-state index contributed by atoms with van der Waals surface area (Å²) in [5.74, 6) is 1.49. The number of nitrogens with two attached hydrogens (primary N) is 1. The van der Waals surface area contributed by atoms with Crippen molar-refractivity contribution in [1.29, 1.82) is 0 Å². The molecule has 2 rings (SSSR count). The van der Waals surface area contributed by atoms with Crippen LogP contribution in [0.5, 0.6) is 0 Å². The molecule has 5 atom stereocenters. The maximum absolute atomic E-state index is 6.84. The van der Waals surface area contributed by atoms with Gasteiger partial charge in [0.2, 0.25) is 0 Å². The second kappa shape index (κ2) is 5.25. The highest BCUT2D eigenvalue weighted by Gasteiger charge is 2.69. The standard InChI is InChI=1S/C20H39N/c1-8-11-20-13-16(12-19(20,10-3)15(4)5)18(7,21)14-17(20,6)9-2/h15-16H,8-14,21H2,1-7H3/t16?,17?,18-,19?,20-/m1/s1. The lowest BCUT2D eigenvalue weighted by Gasteiger charge is -2.61. The summed E-state index contributed by atoms with van der Waals surface area (Å²) in [6.45, 7) is 17.1. The van der Waals surface area contributed by atoms with Crippen molar-refractivity contribution in [2.24, 2.45) is 33.8 Å². The van der Waals surface area contributed by atoms with Crippen LogP contribution in [0.4, 0.5) is 0 Å². The quantitative estimate of drug-likeness (QED) is 0.684. The maximum atomic E-state index is 6.84. The molecule has 0 saturated heterocycles. The lowest BCUT2D eigenvalue weighted by molar-refractivity contribution is -0.117. The molecule has 0 aromatic rings. The van der Waals surface area contributed by atoms with Gasteiger partial charge < -0.3 is 5.73 Å². The first-order chi connectivity index (χ1) is 9.64. The second-order valence-electron chi connectivity index (χ2n) is 9.20. The van der Waals surface area contributed by atoms with Gasteiger partial charge in [0.05, 0.1) is 0 Å². The summed E-state index contributed by atoms with van der Waals surface area (Å²) in [6, 6.07) is 0. The van der Waals surface area contributed by atoms with Gasteiger partial charge in [-0.15, -0.1) is 0 Å². The molecule has 0 aromatic carbocycles. The first kappa shape index (κ1) is 17.3. The minimum atomic E-state index is 0.0355. The van der Waals surface area contributed by atoms with E-state index in [-0.39, 0.29) is 5.54 Å². The van der Waals surface area contributed by atoms with E-state index < -0.39 is 0 Å². The molecule has 0 aromatic heterocycles. The van der Waals surface area contributed by atoms with Gasteiger partial charge in [0, 0.05) is 5.54 Å². The summed E-state index contributed by atoms with van der Waals surface area (Å²) in [5, 5.41) is 0. The Labute approximate surface area is 133 Å². The monoisotopic (exact) mass is 293 g/mol. The lowest BCUT2D eigenvalue weighted by atomic mass is 9.44. The van der Waals surface area contributed by atoms with Crippen LogP contribution >= 0.6 is 0 Å². The Bertz CT molecular complexity index is 385. The molecular formula is C20H39N. The van der Waals surface area contributed by atoms with Gasteiger partial charge in [-0.3, -0.25) is 0 Å². The first-order valence-electron chi connectivity index (χ1n) is 9.43. The smallest absolute Gasteiger partial charge is 0.0160 e. The van der Waals surface area contributed by atoms with E-state index in [1.54, 1.807) is 0 Å². The summed E-state index contributed by atoms with van der Waals surface area (Å²) < 4.78 is 0. The zero-order chi connectivity index (χ0) is 16.1. The highest BCUT2D eigenvalue weighted by molar-refractivity contribution is 5.20. The molecule has 0 heterocycles. The van der Waals surface area contributed by atoms with Crippen LogP contribution < -0.4 is 5.73 Å². The average molecular weight is 294 g/mol. The van der Waals surface area contributed by atoms with Crippen molar-refractivity contribution >= 4 is 0 Å². The molecule has 21 heavy (non-hydrogen) atoms. The predicted octanol–water partition coefficient (Wildman–Crippen LogP) is 5.77. The number of fused-ring (bicyclic) bond motifs is 2. The number of hydrogen-bond donors (Lipinski definition) is 1. The Morgan fingerprint density at radius 3 is 2.10 bits per heavy atom. The third-order valence-electron chi connectivity index (χ3n) is 8.21. The Hall–Kier alpha value is -0.0400. The van der Waals surface area contributed by atoms with E-state index in [1.165, 1.54) is 44.9 Å². The molecule has 3 unspecified atom stereocenters. The van der Waals surface area contributed by atoms with Crippen molar-refractivity contribution in [2.45, 2.75) is 99.0 Å². The van der Waals surface area contributed by atoms with Gasteiger partial charge in [0.1, 0.15) is 0 Å². The van der Waals surface area contributed by atoms with Crippen LogP contribution in [0.3, 0.4) is 0 Å². The van der Waals surface area contributed by atoms with Crippen molar-refractivity contribution in [3.8, 4) is 0 Å². The fourth-order valence-corrected chi connectivity index (χ4v) is 7.02. The summed E-state index contributed by atoms with van der Waals surface area (Å²) in [5.41, 5.74) is 8.28. The molecule has 1 heteroatoms. The van der Waals surface area contributed by atoms with Crippen LogP contribution in [0.2, 0.25) is 0 Å². The predicted molar refractivity (Wildman–Crippen MR) is 93.2 cm³/mol. The number of rotatable bonds is 5. The third-order valence-corrected chi connectivity index (χ3v) is 8.21. The molecule has 2 saturated carbocycles. The molecule has 1 nitrogen and oxygen atoms in total. The van der Waals surface area contributed by atoms with Crippen molar-refractivity contribution < 1.29 is 0 Å². The Balaban J connectivity index is 2.64.